The SMILES string of the molecule is C=CCC(=O)C1CC2CC2C1. The van der Waals surface area contributed by atoms with Gasteiger partial charge in [-0.2, -0.15) is 0 Å². The van der Waals surface area contributed by atoms with E-state index in [1.807, 2.05) is 0 Å². The van der Waals surface area contributed by atoms with E-state index in [4.69, 9.17) is 0 Å². The van der Waals surface area contributed by atoms with Crippen LogP contribution in [0.4, 0.5) is 0 Å². The van der Waals surface area contributed by atoms with Crippen molar-refractivity contribution in [2.75, 3.05) is 0 Å². The summed E-state index contributed by atoms with van der Waals surface area (Å²) in [6.07, 6.45) is 6.07. The molecule has 0 spiro atoms. The third kappa shape index (κ3) is 1.24. The Morgan fingerprint density at radius 3 is 2.55 bits per heavy atom. The minimum atomic E-state index is 0.400. The first-order valence-corrected chi connectivity index (χ1v) is 4.45. The van der Waals surface area contributed by atoms with Crippen LogP contribution in [0.2, 0.25) is 0 Å². The monoisotopic (exact) mass is 150 g/mol. The van der Waals surface area contributed by atoms with Crippen LogP contribution in [-0.4, -0.2) is 5.78 Å². The third-order valence-corrected chi connectivity index (χ3v) is 3.04. The number of rotatable bonds is 3. The molecule has 2 saturated carbocycles. The highest BCUT2D eigenvalue weighted by atomic mass is 16.1. The summed E-state index contributed by atoms with van der Waals surface area (Å²) in [4.78, 5) is 11.3. The molecule has 2 aliphatic carbocycles. The van der Waals surface area contributed by atoms with Crippen LogP contribution in [0.3, 0.4) is 0 Å². The minimum absolute atomic E-state index is 0.400. The predicted octanol–water partition coefficient (Wildman–Crippen LogP) is 2.18. The molecule has 2 rings (SSSR count). The number of Topliss-reactive ketones (excluding diaryl/α,β-unsaturated/α-hetero) is 1. The van der Waals surface area contributed by atoms with E-state index in [-0.39, 0.29) is 0 Å². The summed E-state index contributed by atoms with van der Waals surface area (Å²) in [5.74, 6) is 2.67. The largest absolute Gasteiger partial charge is 0.299 e. The molecule has 0 amide bonds. The summed E-state index contributed by atoms with van der Waals surface area (Å²) in [5.41, 5.74) is 0. The minimum Gasteiger partial charge on any atom is -0.299 e. The molecule has 2 aliphatic rings. The lowest BCUT2D eigenvalue weighted by Crippen LogP contribution is -2.11. The van der Waals surface area contributed by atoms with Gasteiger partial charge in [0, 0.05) is 12.3 Å². The van der Waals surface area contributed by atoms with Crippen LogP contribution in [0.25, 0.3) is 0 Å². The first-order valence-electron chi connectivity index (χ1n) is 4.45. The van der Waals surface area contributed by atoms with Crippen LogP contribution < -0.4 is 0 Å². The molecule has 2 fully saturated rings. The van der Waals surface area contributed by atoms with Gasteiger partial charge in [0.15, 0.2) is 0 Å². The van der Waals surface area contributed by atoms with E-state index in [0.29, 0.717) is 18.1 Å². The highest BCUT2D eigenvalue weighted by molar-refractivity contribution is 5.82. The number of fused-ring (bicyclic) bond motifs is 1. The summed E-state index contributed by atoms with van der Waals surface area (Å²) in [5, 5.41) is 0. The molecule has 0 aromatic carbocycles. The highest BCUT2D eigenvalue weighted by Gasteiger charge is 2.47. The number of carbonyl (C=O) groups is 1. The van der Waals surface area contributed by atoms with Crippen molar-refractivity contribution < 1.29 is 4.79 Å². The Bertz CT molecular complexity index is 185. The van der Waals surface area contributed by atoms with Crippen LogP contribution >= 0.6 is 0 Å². The van der Waals surface area contributed by atoms with E-state index in [1.165, 1.54) is 19.3 Å². The third-order valence-electron chi connectivity index (χ3n) is 3.04. The lowest BCUT2D eigenvalue weighted by Gasteiger charge is -2.07. The number of hydrogen-bond donors (Lipinski definition) is 0. The standard InChI is InChI=1S/C10H14O/c1-2-3-10(11)9-5-7-4-8(7)6-9/h2,7-9H,1,3-6H2. The molecule has 0 radical (unpaired) electrons. The number of carbonyl (C=O) groups excluding carboxylic acids is 1. The van der Waals surface area contributed by atoms with E-state index in [0.717, 1.165) is 11.8 Å². The molecule has 0 aromatic heterocycles. The van der Waals surface area contributed by atoms with Gasteiger partial charge < -0.3 is 0 Å². The Morgan fingerprint density at radius 1 is 1.36 bits per heavy atom. The normalized spacial score (nSPS) is 39.8. The highest BCUT2D eigenvalue weighted by Crippen LogP contribution is 2.54. The van der Waals surface area contributed by atoms with Crippen molar-refractivity contribution in [3.63, 3.8) is 0 Å². The molecule has 0 aromatic rings. The molecule has 0 bridgehead atoms. The van der Waals surface area contributed by atoms with E-state index in [9.17, 15) is 4.79 Å². The molecule has 60 valence electrons. The van der Waals surface area contributed by atoms with Crippen LogP contribution in [0, 0.1) is 17.8 Å². The molecule has 0 heterocycles. The Labute approximate surface area is 67.5 Å². The van der Waals surface area contributed by atoms with E-state index in [2.05, 4.69) is 6.58 Å². The second-order valence-corrected chi connectivity index (χ2v) is 3.88. The number of hydrogen-bond acceptors (Lipinski definition) is 1. The van der Waals surface area contributed by atoms with Gasteiger partial charge in [0.25, 0.3) is 0 Å². The zero-order valence-corrected chi connectivity index (χ0v) is 6.75. The fourth-order valence-corrected chi connectivity index (χ4v) is 2.29. The van der Waals surface area contributed by atoms with Gasteiger partial charge in [0.05, 0.1) is 0 Å². The Balaban J connectivity index is 1.86. The maximum Gasteiger partial charge on any atom is 0.139 e. The van der Waals surface area contributed by atoms with Crippen molar-refractivity contribution in [3.05, 3.63) is 12.7 Å². The van der Waals surface area contributed by atoms with Gasteiger partial charge in [-0.1, -0.05) is 6.08 Å². The number of ketones is 1. The Kier molecular flexibility index (Phi) is 1.59. The Hall–Kier alpha value is -0.590. The lowest BCUT2D eigenvalue weighted by molar-refractivity contribution is -0.122. The van der Waals surface area contributed by atoms with Gasteiger partial charge in [-0.15, -0.1) is 6.58 Å². The van der Waals surface area contributed by atoms with Crippen LogP contribution in [0.15, 0.2) is 12.7 Å². The van der Waals surface area contributed by atoms with E-state index < -0.39 is 0 Å². The van der Waals surface area contributed by atoms with E-state index >= 15 is 0 Å². The molecule has 2 atom stereocenters. The zero-order chi connectivity index (χ0) is 7.84. The summed E-state index contributed by atoms with van der Waals surface area (Å²) >= 11 is 0. The average Bonchev–Trinajstić information content (AvgIpc) is 2.59. The topological polar surface area (TPSA) is 17.1 Å². The van der Waals surface area contributed by atoms with Crippen LogP contribution in [0.5, 0.6) is 0 Å². The summed E-state index contributed by atoms with van der Waals surface area (Å²) in [6, 6.07) is 0. The van der Waals surface area contributed by atoms with Crippen molar-refractivity contribution in [1.29, 1.82) is 0 Å². The molecule has 1 heteroatoms. The van der Waals surface area contributed by atoms with Crippen molar-refractivity contribution >= 4 is 5.78 Å². The van der Waals surface area contributed by atoms with Gasteiger partial charge in [-0.25, -0.2) is 0 Å². The molecule has 2 unspecified atom stereocenters. The first kappa shape index (κ1) is 7.08. The molecular formula is C10H14O. The van der Waals surface area contributed by atoms with Crippen molar-refractivity contribution in [2.24, 2.45) is 17.8 Å². The first-order chi connectivity index (χ1) is 5.31. The van der Waals surface area contributed by atoms with Gasteiger partial charge in [-0.05, 0) is 31.1 Å². The van der Waals surface area contributed by atoms with Crippen LogP contribution in [0.1, 0.15) is 25.7 Å². The van der Waals surface area contributed by atoms with Gasteiger partial charge >= 0.3 is 0 Å². The Morgan fingerprint density at radius 2 is 2.00 bits per heavy atom. The van der Waals surface area contributed by atoms with Crippen molar-refractivity contribution in [3.8, 4) is 0 Å². The van der Waals surface area contributed by atoms with Gasteiger partial charge in [-0.3, -0.25) is 4.79 Å². The molecule has 11 heavy (non-hydrogen) atoms. The van der Waals surface area contributed by atoms with Gasteiger partial charge in [0.1, 0.15) is 5.78 Å². The molecule has 0 N–H and O–H groups in total. The summed E-state index contributed by atoms with van der Waals surface area (Å²) < 4.78 is 0. The molecule has 0 aliphatic heterocycles. The average molecular weight is 150 g/mol. The second-order valence-electron chi connectivity index (χ2n) is 3.88. The summed E-state index contributed by atoms with van der Waals surface area (Å²) in [6.45, 7) is 3.58. The van der Waals surface area contributed by atoms with Crippen molar-refractivity contribution in [2.45, 2.75) is 25.7 Å². The fraction of sp³-hybridized carbons (Fsp3) is 0.700. The predicted molar refractivity (Wildman–Crippen MR) is 44.1 cm³/mol. The van der Waals surface area contributed by atoms with Gasteiger partial charge in [0.2, 0.25) is 0 Å². The maximum atomic E-state index is 11.3. The van der Waals surface area contributed by atoms with Crippen molar-refractivity contribution in [1.82, 2.24) is 0 Å². The number of allylic oxidation sites excluding steroid dienone is 1. The zero-order valence-electron chi connectivity index (χ0n) is 6.75. The quantitative estimate of drug-likeness (QED) is 0.563. The fourth-order valence-electron chi connectivity index (χ4n) is 2.29. The maximum absolute atomic E-state index is 11.3. The van der Waals surface area contributed by atoms with E-state index in [1.54, 1.807) is 6.08 Å². The lowest BCUT2D eigenvalue weighted by atomic mass is 9.96. The smallest absolute Gasteiger partial charge is 0.139 e. The molecule has 1 nitrogen and oxygen atoms in total. The van der Waals surface area contributed by atoms with Crippen LogP contribution in [-0.2, 0) is 4.79 Å². The molecular weight excluding hydrogens is 136 g/mol. The summed E-state index contributed by atoms with van der Waals surface area (Å²) in [7, 11) is 0. The molecule has 0 saturated heterocycles. The second kappa shape index (κ2) is 2.47.